The van der Waals surface area contributed by atoms with E-state index in [0.29, 0.717) is 12.0 Å². The number of hydrogen-bond donors (Lipinski definition) is 2. The first kappa shape index (κ1) is 14.2. The second-order valence-corrected chi connectivity index (χ2v) is 6.57. The second-order valence-electron chi connectivity index (χ2n) is 4.57. The van der Waals surface area contributed by atoms with Gasteiger partial charge in [-0.25, -0.2) is 0 Å². The molecule has 1 fully saturated rings. The zero-order valence-corrected chi connectivity index (χ0v) is 12.9. The Bertz CT molecular complexity index is 397. The molecule has 18 heavy (non-hydrogen) atoms. The van der Waals surface area contributed by atoms with Crippen molar-refractivity contribution in [1.29, 1.82) is 0 Å². The Morgan fingerprint density at radius 1 is 1.61 bits per heavy atom. The van der Waals surface area contributed by atoms with Crippen molar-refractivity contribution in [3.63, 3.8) is 0 Å². The number of thioether (sulfide) groups is 1. The molecule has 5 heteroatoms. The normalized spacial score (nSPS) is 20.9. The molecule has 1 aliphatic heterocycles. The molecule has 0 aliphatic carbocycles. The van der Waals surface area contributed by atoms with Crippen molar-refractivity contribution in [3.05, 3.63) is 28.2 Å². The fraction of sp³-hybridized carbons (Fsp3) is 0.538. The Labute approximate surface area is 121 Å². The van der Waals surface area contributed by atoms with Crippen LogP contribution in [0, 0.1) is 5.92 Å². The van der Waals surface area contributed by atoms with Gasteiger partial charge < -0.3 is 4.74 Å². The zero-order valence-electron chi connectivity index (χ0n) is 10.5. The van der Waals surface area contributed by atoms with E-state index in [1.54, 1.807) is 7.11 Å². The van der Waals surface area contributed by atoms with E-state index in [1.165, 1.54) is 23.5 Å². The highest BCUT2D eigenvalue weighted by Gasteiger charge is 2.24. The van der Waals surface area contributed by atoms with Crippen molar-refractivity contribution in [1.82, 2.24) is 5.43 Å². The third-order valence-corrected chi connectivity index (χ3v) is 5.23. The lowest BCUT2D eigenvalue weighted by Crippen LogP contribution is -2.42. The molecule has 100 valence electrons. The minimum absolute atomic E-state index is 0.361. The number of nitrogens with two attached hydrogens (primary N) is 1. The van der Waals surface area contributed by atoms with E-state index in [9.17, 15) is 0 Å². The van der Waals surface area contributed by atoms with E-state index in [1.807, 2.05) is 17.8 Å². The van der Waals surface area contributed by atoms with Gasteiger partial charge in [-0.15, -0.1) is 0 Å². The predicted octanol–water partition coefficient (Wildman–Crippen LogP) is 2.59. The summed E-state index contributed by atoms with van der Waals surface area (Å²) in [6, 6.07) is 6.58. The van der Waals surface area contributed by atoms with Gasteiger partial charge in [-0.1, -0.05) is 6.07 Å². The molecule has 0 saturated carbocycles. The van der Waals surface area contributed by atoms with Crippen LogP contribution in [0.25, 0.3) is 0 Å². The van der Waals surface area contributed by atoms with Gasteiger partial charge in [-0.05, 0) is 63.9 Å². The molecule has 1 aromatic rings. The topological polar surface area (TPSA) is 47.3 Å². The summed E-state index contributed by atoms with van der Waals surface area (Å²) >= 11 is 5.54. The van der Waals surface area contributed by atoms with Crippen LogP contribution in [0.15, 0.2) is 22.7 Å². The molecular weight excluding hydrogens is 312 g/mol. The van der Waals surface area contributed by atoms with Crippen molar-refractivity contribution in [2.24, 2.45) is 11.8 Å². The fourth-order valence-electron chi connectivity index (χ4n) is 2.32. The van der Waals surface area contributed by atoms with Crippen LogP contribution in [0.4, 0.5) is 0 Å². The second kappa shape index (κ2) is 6.80. The smallest absolute Gasteiger partial charge is 0.133 e. The van der Waals surface area contributed by atoms with Crippen LogP contribution in [0.2, 0.25) is 0 Å². The fourth-order valence-corrected chi connectivity index (χ4v) is 4.25. The average Bonchev–Trinajstić information content (AvgIpc) is 2.90. The summed E-state index contributed by atoms with van der Waals surface area (Å²) in [5.74, 6) is 9.72. The van der Waals surface area contributed by atoms with Gasteiger partial charge in [0.2, 0.25) is 0 Å². The highest BCUT2D eigenvalue weighted by Crippen LogP contribution is 2.30. The van der Waals surface area contributed by atoms with E-state index in [4.69, 9.17) is 10.6 Å². The van der Waals surface area contributed by atoms with E-state index in [0.717, 1.165) is 16.6 Å². The summed E-state index contributed by atoms with van der Waals surface area (Å²) in [5.41, 5.74) is 4.26. The van der Waals surface area contributed by atoms with Crippen molar-refractivity contribution in [2.45, 2.75) is 18.9 Å². The van der Waals surface area contributed by atoms with Gasteiger partial charge in [0.15, 0.2) is 0 Å². The summed E-state index contributed by atoms with van der Waals surface area (Å²) < 4.78 is 6.24. The van der Waals surface area contributed by atoms with E-state index in [2.05, 4.69) is 33.5 Å². The van der Waals surface area contributed by atoms with Crippen LogP contribution in [0.1, 0.15) is 12.0 Å². The van der Waals surface area contributed by atoms with Gasteiger partial charge in [0.1, 0.15) is 5.75 Å². The lowest BCUT2D eigenvalue weighted by molar-refractivity contribution is 0.385. The van der Waals surface area contributed by atoms with Crippen LogP contribution in [0.3, 0.4) is 0 Å². The minimum Gasteiger partial charge on any atom is -0.496 e. The predicted molar refractivity (Wildman–Crippen MR) is 80.9 cm³/mol. The van der Waals surface area contributed by atoms with Gasteiger partial charge in [-0.3, -0.25) is 11.3 Å². The maximum atomic E-state index is 5.70. The summed E-state index contributed by atoms with van der Waals surface area (Å²) in [6.07, 6.45) is 2.22. The summed E-state index contributed by atoms with van der Waals surface area (Å²) in [4.78, 5) is 0. The maximum Gasteiger partial charge on any atom is 0.133 e. The minimum atomic E-state index is 0.361. The third-order valence-electron chi connectivity index (χ3n) is 3.42. The summed E-state index contributed by atoms with van der Waals surface area (Å²) in [6.45, 7) is 0. The van der Waals surface area contributed by atoms with Crippen molar-refractivity contribution in [2.75, 3.05) is 18.6 Å². The molecule has 1 aliphatic rings. The molecule has 0 aromatic heterocycles. The molecule has 1 heterocycles. The largest absolute Gasteiger partial charge is 0.496 e. The van der Waals surface area contributed by atoms with Gasteiger partial charge >= 0.3 is 0 Å². The number of ether oxygens (including phenoxy) is 1. The standard InChI is InChI=1S/C13H19BrN2OS/c1-17-13-3-2-9(6-11(13)14)7-12(16-15)10-4-5-18-8-10/h2-3,6,10,12,16H,4-5,7-8,15H2,1H3. The first-order valence-electron chi connectivity index (χ1n) is 6.11. The Hall–Kier alpha value is -0.230. The van der Waals surface area contributed by atoms with Crippen LogP contribution in [-0.4, -0.2) is 24.7 Å². The molecule has 3 nitrogen and oxygen atoms in total. The molecule has 0 bridgehead atoms. The van der Waals surface area contributed by atoms with Gasteiger partial charge in [0.25, 0.3) is 0 Å². The monoisotopic (exact) mass is 330 g/mol. The highest BCUT2D eigenvalue weighted by molar-refractivity contribution is 9.10. The van der Waals surface area contributed by atoms with Crippen molar-refractivity contribution >= 4 is 27.7 Å². The number of hydrogen-bond acceptors (Lipinski definition) is 4. The molecule has 2 rings (SSSR count). The number of hydrazine groups is 1. The third kappa shape index (κ3) is 3.41. The highest BCUT2D eigenvalue weighted by atomic mass is 79.9. The number of benzene rings is 1. The molecule has 0 spiro atoms. The lowest BCUT2D eigenvalue weighted by Gasteiger charge is -2.22. The Balaban J connectivity index is 2.04. The number of halogens is 1. The molecule has 2 atom stereocenters. The molecule has 2 unspecified atom stereocenters. The van der Waals surface area contributed by atoms with Crippen LogP contribution in [0.5, 0.6) is 5.75 Å². The lowest BCUT2D eigenvalue weighted by atomic mass is 9.93. The Morgan fingerprint density at radius 2 is 2.44 bits per heavy atom. The first-order chi connectivity index (χ1) is 8.74. The van der Waals surface area contributed by atoms with E-state index >= 15 is 0 Å². The molecule has 0 radical (unpaired) electrons. The number of nitrogens with one attached hydrogen (secondary N) is 1. The van der Waals surface area contributed by atoms with Crippen LogP contribution < -0.4 is 16.0 Å². The Kier molecular flexibility index (Phi) is 5.36. The Morgan fingerprint density at radius 3 is 3.00 bits per heavy atom. The summed E-state index contributed by atoms with van der Waals surface area (Å²) in [5, 5.41) is 0. The molecule has 1 saturated heterocycles. The van der Waals surface area contributed by atoms with E-state index < -0.39 is 0 Å². The van der Waals surface area contributed by atoms with Crippen molar-refractivity contribution in [3.8, 4) is 5.75 Å². The zero-order chi connectivity index (χ0) is 13.0. The number of rotatable bonds is 5. The molecule has 0 amide bonds. The molecule has 3 N–H and O–H groups in total. The number of methoxy groups -OCH3 is 1. The van der Waals surface area contributed by atoms with Crippen LogP contribution in [-0.2, 0) is 6.42 Å². The van der Waals surface area contributed by atoms with E-state index in [-0.39, 0.29) is 0 Å². The SMILES string of the molecule is COc1ccc(CC(NN)C2CCSC2)cc1Br. The van der Waals surface area contributed by atoms with Gasteiger partial charge in [0, 0.05) is 6.04 Å². The molecule has 1 aromatic carbocycles. The van der Waals surface area contributed by atoms with Crippen molar-refractivity contribution < 1.29 is 4.74 Å². The quantitative estimate of drug-likeness (QED) is 0.643. The first-order valence-corrected chi connectivity index (χ1v) is 8.05. The van der Waals surface area contributed by atoms with Crippen LogP contribution >= 0.6 is 27.7 Å². The maximum absolute atomic E-state index is 5.70. The van der Waals surface area contributed by atoms with Gasteiger partial charge in [0.05, 0.1) is 11.6 Å². The average molecular weight is 331 g/mol. The molecular formula is C13H19BrN2OS. The van der Waals surface area contributed by atoms with Gasteiger partial charge in [-0.2, -0.15) is 11.8 Å². The summed E-state index contributed by atoms with van der Waals surface area (Å²) in [7, 11) is 1.68.